The molecule has 0 unspecified atom stereocenters. The number of carbonyl (C=O) groups excluding carboxylic acids is 1. The molecule has 7 heteroatoms. The molecule has 1 aliphatic heterocycles. The number of hydrogen-bond acceptors (Lipinski definition) is 4. The molecule has 0 aromatic heterocycles. The molecule has 2 rings (SSSR count). The minimum absolute atomic E-state index is 0.0862. The summed E-state index contributed by atoms with van der Waals surface area (Å²) < 4.78 is 27.1. The highest BCUT2D eigenvalue weighted by Gasteiger charge is 2.31. The van der Waals surface area contributed by atoms with E-state index in [1.165, 1.54) is 4.31 Å². The van der Waals surface area contributed by atoms with Crippen LogP contribution in [0.4, 0.5) is 0 Å². The van der Waals surface area contributed by atoms with Crippen LogP contribution in [0.25, 0.3) is 0 Å². The molecule has 1 aromatic rings. The molecule has 140 valence electrons. The van der Waals surface area contributed by atoms with Crippen molar-refractivity contribution in [3.05, 3.63) is 29.3 Å². The lowest BCUT2D eigenvalue weighted by Crippen LogP contribution is -2.54. The Bertz CT molecular complexity index is 723. The molecule has 0 spiro atoms. The maximum Gasteiger partial charge on any atom is 0.243 e. The molecule has 1 fully saturated rings. The maximum atomic E-state index is 12.8. The van der Waals surface area contributed by atoms with Gasteiger partial charge in [0.1, 0.15) is 0 Å². The summed E-state index contributed by atoms with van der Waals surface area (Å²) in [4.78, 5) is 14.4. The smallest absolute Gasteiger partial charge is 0.243 e. The zero-order valence-corrected chi connectivity index (χ0v) is 16.3. The van der Waals surface area contributed by atoms with Crippen LogP contribution < -0.4 is 5.73 Å². The molecule has 1 heterocycles. The van der Waals surface area contributed by atoms with Crippen molar-refractivity contribution in [3.8, 4) is 0 Å². The lowest BCUT2D eigenvalue weighted by molar-refractivity contribution is -0.134. The lowest BCUT2D eigenvalue weighted by Gasteiger charge is -2.35. The van der Waals surface area contributed by atoms with Crippen LogP contribution in [0.2, 0.25) is 0 Å². The van der Waals surface area contributed by atoms with Gasteiger partial charge in [-0.25, -0.2) is 8.42 Å². The van der Waals surface area contributed by atoms with Gasteiger partial charge in [-0.15, -0.1) is 0 Å². The topological polar surface area (TPSA) is 83.7 Å². The van der Waals surface area contributed by atoms with Crippen molar-refractivity contribution in [2.75, 3.05) is 26.2 Å². The van der Waals surface area contributed by atoms with Crippen molar-refractivity contribution < 1.29 is 13.2 Å². The third kappa shape index (κ3) is 4.59. The number of nitrogens with two attached hydrogens (primary N) is 1. The molecular weight excluding hydrogens is 338 g/mol. The summed E-state index contributed by atoms with van der Waals surface area (Å²) in [7, 11) is -3.53. The van der Waals surface area contributed by atoms with Crippen molar-refractivity contribution in [3.63, 3.8) is 0 Å². The molecule has 0 bridgehead atoms. The second kappa shape index (κ2) is 7.85. The van der Waals surface area contributed by atoms with Crippen LogP contribution >= 0.6 is 0 Å². The summed E-state index contributed by atoms with van der Waals surface area (Å²) in [5, 5.41) is 0. The van der Waals surface area contributed by atoms with E-state index < -0.39 is 16.1 Å². The van der Waals surface area contributed by atoms with E-state index in [9.17, 15) is 13.2 Å². The van der Waals surface area contributed by atoms with Crippen LogP contribution in [0.1, 0.15) is 31.4 Å². The van der Waals surface area contributed by atoms with E-state index in [1.807, 2.05) is 33.8 Å². The quantitative estimate of drug-likeness (QED) is 0.855. The van der Waals surface area contributed by atoms with Crippen molar-refractivity contribution in [1.82, 2.24) is 9.21 Å². The van der Waals surface area contributed by atoms with Crippen LogP contribution in [0.15, 0.2) is 23.1 Å². The first kappa shape index (κ1) is 19.9. The van der Waals surface area contributed by atoms with Crippen molar-refractivity contribution >= 4 is 15.9 Å². The molecule has 1 amide bonds. The number of nitrogens with zero attached hydrogens (tertiary/aromatic N) is 2. The summed E-state index contributed by atoms with van der Waals surface area (Å²) in [5.41, 5.74) is 7.98. The SMILES string of the molecule is Cc1ccc(S(=O)(=O)N2CCN(C(=O)[C@@H](N)CC(C)C)CC2)cc1C. The highest BCUT2D eigenvalue weighted by molar-refractivity contribution is 7.89. The molecule has 1 atom stereocenters. The van der Waals surface area contributed by atoms with Crippen LogP contribution in [0.3, 0.4) is 0 Å². The van der Waals surface area contributed by atoms with Gasteiger partial charge in [-0.1, -0.05) is 19.9 Å². The van der Waals surface area contributed by atoms with E-state index in [0.29, 0.717) is 43.4 Å². The average Bonchev–Trinajstić information content (AvgIpc) is 2.56. The zero-order chi connectivity index (χ0) is 18.8. The predicted octanol–water partition coefficient (Wildman–Crippen LogP) is 1.51. The Hall–Kier alpha value is -1.44. The summed E-state index contributed by atoms with van der Waals surface area (Å²) in [5.74, 6) is 0.266. The van der Waals surface area contributed by atoms with Gasteiger partial charge < -0.3 is 10.6 Å². The first-order valence-electron chi connectivity index (χ1n) is 8.74. The fraction of sp³-hybridized carbons (Fsp3) is 0.611. The van der Waals surface area contributed by atoms with Gasteiger partial charge in [0.2, 0.25) is 15.9 Å². The Balaban J connectivity index is 2.03. The summed E-state index contributed by atoms with van der Waals surface area (Å²) in [6.07, 6.45) is 0.639. The molecular formula is C18H29N3O3S. The van der Waals surface area contributed by atoms with Crippen LogP contribution in [0, 0.1) is 19.8 Å². The van der Waals surface area contributed by atoms with Gasteiger partial charge in [0.15, 0.2) is 0 Å². The number of rotatable bonds is 5. The van der Waals surface area contributed by atoms with Gasteiger partial charge >= 0.3 is 0 Å². The van der Waals surface area contributed by atoms with Crippen LogP contribution in [-0.4, -0.2) is 55.8 Å². The number of aryl methyl sites for hydroxylation is 2. The van der Waals surface area contributed by atoms with E-state index in [0.717, 1.165) is 11.1 Å². The van der Waals surface area contributed by atoms with E-state index in [4.69, 9.17) is 5.73 Å². The molecule has 1 saturated heterocycles. The first-order valence-corrected chi connectivity index (χ1v) is 10.2. The van der Waals surface area contributed by atoms with E-state index in [2.05, 4.69) is 0 Å². The fourth-order valence-electron chi connectivity index (χ4n) is 3.02. The predicted molar refractivity (Wildman–Crippen MR) is 98.7 cm³/mol. The fourth-order valence-corrected chi connectivity index (χ4v) is 4.52. The molecule has 0 radical (unpaired) electrons. The van der Waals surface area contributed by atoms with Crippen LogP contribution in [0.5, 0.6) is 0 Å². The Morgan fingerprint density at radius 3 is 2.24 bits per heavy atom. The maximum absolute atomic E-state index is 12.8. The summed E-state index contributed by atoms with van der Waals surface area (Å²) >= 11 is 0. The molecule has 0 aliphatic carbocycles. The number of hydrogen-bond donors (Lipinski definition) is 1. The Labute approximate surface area is 151 Å². The standard InChI is InChI=1S/C18H29N3O3S/c1-13(2)11-17(19)18(22)20-7-9-21(10-8-20)25(23,24)16-6-5-14(3)15(4)12-16/h5-6,12-13,17H,7-11,19H2,1-4H3/t17-/m0/s1. The van der Waals surface area contributed by atoms with Crippen molar-refractivity contribution in [2.45, 2.75) is 45.1 Å². The number of benzene rings is 1. The van der Waals surface area contributed by atoms with Gasteiger partial charge in [0.25, 0.3) is 0 Å². The van der Waals surface area contributed by atoms with Gasteiger partial charge in [-0.05, 0) is 49.4 Å². The molecule has 25 heavy (non-hydrogen) atoms. The number of amides is 1. The van der Waals surface area contributed by atoms with E-state index in [1.54, 1.807) is 17.0 Å². The van der Waals surface area contributed by atoms with E-state index in [-0.39, 0.29) is 5.91 Å². The van der Waals surface area contributed by atoms with Gasteiger partial charge in [0, 0.05) is 26.2 Å². The van der Waals surface area contributed by atoms with Crippen molar-refractivity contribution in [1.29, 1.82) is 0 Å². The minimum atomic E-state index is -3.53. The number of carbonyl (C=O) groups is 1. The monoisotopic (exact) mass is 367 g/mol. The molecule has 1 aliphatic rings. The van der Waals surface area contributed by atoms with E-state index >= 15 is 0 Å². The highest BCUT2D eigenvalue weighted by Crippen LogP contribution is 2.21. The van der Waals surface area contributed by atoms with Gasteiger partial charge in [0.05, 0.1) is 10.9 Å². The average molecular weight is 368 g/mol. The Morgan fingerprint density at radius 1 is 1.12 bits per heavy atom. The first-order chi connectivity index (χ1) is 11.6. The number of sulfonamides is 1. The molecule has 6 nitrogen and oxygen atoms in total. The third-order valence-electron chi connectivity index (χ3n) is 4.71. The Morgan fingerprint density at radius 2 is 1.72 bits per heavy atom. The molecule has 1 aromatic carbocycles. The van der Waals surface area contributed by atoms with Crippen LogP contribution in [-0.2, 0) is 14.8 Å². The largest absolute Gasteiger partial charge is 0.339 e. The molecule has 0 saturated carbocycles. The zero-order valence-electron chi connectivity index (χ0n) is 15.5. The normalized spacial score (nSPS) is 17.8. The lowest BCUT2D eigenvalue weighted by atomic mass is 10.0. The highest BCUT2D eigenvalue weighted by atomic mass is 32.2. The van der Waals surface area contributed by atoms with Crippen molar-refractivity contribution in [2.24, 2.45) is 11.7 Å². The number of piperazine rings is 1. The second-order valence-corrected chi connectivity index (χ2v) is 9.15. The minimum Gasteiger partial charge on any atom is -0.339 e. The third-order valence-corrected chi connectivity index (χ3v) is 6.60. The summed E-state index contributed by atoms with van der Waals surface area (Å²) in [6.45, 7) is 9.29. The summed E-state index contributed by atoms with van der Waals surface area (Å²) in [6, 6.07) is 4.67. The molecule has 2 N–H and O–H groups in total. The second-order valence-electron chi connectivity index (χ2n) is 7.21. The Kier molecular flexibility index (Phi) is 6.24. The van der Waals surface area contributed by atoms with Gasteiger partial charge in [-0.3, -0.25) is 4.79 Å². The van der Waals surface area contributed by atoms with Gasteiger partial charge in [-0.2, -0.15) is 4.31 Å².